The molecule has 15 heteroatoms. The number of aryl methyl sites for hydroxylation is 3. The van der Waals surface area contributed by atoms with Gasteiger partial charge >= 0.3 is 0 Å². The van der Waals surface area contributed by atoms with Gasteiger partial charge in [0.25, 0.3) is 17.4 Å². The minimum atomic E-state index is -1.000. The van der Waals surface area contributed by atoms with Crippen LogP contribution in [-0.4, -0.2) is 110 Å². The average Bonchev–Trinajstić information content (AvgIpc) is 3.92. The molecule has 0 bridgehead atoms. The smallest absolute Gasteiger partial charge is 0.278 e. The standard InChI is InChI=1S/C44H54N10O5.C2H6/c1-7-22-52-41(57)36-27-46-44(49-40(36)54(52)38-20-16-31-12-9-13-37(31)48-38)47-32-17-14-30(15-18-32)11-10-23-50(5)24-25-51(6)29(3)26-35-34(8-2)42(58)53(43(35)59)33(28-55)19-21-39(56)45-4;1-2/h7,14-18,20,26-28,33H,1,8-13,19,21-25H2,2-6H3,(H,45,56)(H,46,47,49);1-2H3/b29-26+;. The largest absolute Gasteiger partial charge is 0.377 e. The van der Waals surface area contributed by atoms with Crippen molar-refractivity contribution in [2.75, 3.05) is 46.1 Å². The molecule has 61 heavy (non-hydrogen) atoms. The lowest BCUT2D eigenvalue weighted by Crippen LogP contribution is -2.42. The molecule has 6 rings (SSSR count). The quantitative estimate of drug-likeness (QED) is 0.0675. The number of carbonyl (C=O) groups is 4. The summed E-state index contributed by atoms with van der Waals surface area (Å²) < 4.78 is 3.36. The van der Waals surface area contributed by atoms with Crippen LogP contribution in [0.15, 0.2) is 83.0 Å². The molecule has 1 atom stereocenters. The molecule has 324 valence electrons. The fourth-order valence-electron chi connectivity index (χ4n) is 7.57. The number of benzene rings is 1. The van der Waals surface area contributed by atoms with Crippen LogP contribution in [0.4, 0.5) is 11.6 Å². The number of pyridine rings is 1. The van der Waals surface area contributed by atoms with Crippen LogP contribution >= 0.6 is 0 Å². The Labute approximate surface area is 358 Å². The van der Waals surface area contributed by atoms with Crippen molar-refractivity contribution in [1.29, 1.82) is 0 Å². The molecule has 3 amide bonds. The molecule has 0 saturated carbocycles. The Kier molecular flexibility index (Phi) is 16.0. The number of hydrogen-bond acceptors (Lipinski definition) is 11. The van der Waals surface area contributed by atoms with E-state index < -0.39 is 17.9 Å². The Balaban J connectivity index is 0.00000347. The number of imide groups is 1. The summed E-state index contributed by atoms with van der Waals surface area (Å²) in [5, 5.41) is 6.21. The lowest BCUT2D eigenvalue weighted by molar-refractivity contribution is -0.143. The normalized spacial score (nSPS) is 14.3. The first-order valence-corrected chi connectivity index (χ1v) is 21.3. The lowest BCUT2D eigenvalue weighted by Gasteiger charge is -2.24. The van der Waals surface area contributed by atoms with E-state index in [1.54, 1.807) is 27.7 Å². The Hall–Kier alpha value is -6.22. The number of aromatic nitrogens is 5. The first-order chi connectivity index (χ1) is 29.5. The summed E-state index contributed by atoms with van der Waals surface area (Å²) in [4.78, 5) is 83.0. The summed E-state index contributed by atoms with van der Waals surface area (Å²) in [5.74, 6) is -0.219. The van der Waals surface area contributed by atoms with E-state index in [9.17, 15) is 24.0 Å². The van der Waals surface area contributed by atoms with E-state index in [0.717, 1.165) is 67.2 Å². The predicted molar refractivity (Wildman–Crippen MR) is 239 cm³/mol. The molecule has 4 heterocycles. The minimum absolute atomic E-state index is 0.0330. The Morgan fingerprint density at radius 2 is 1.75 bits per heavy atom. The number of nitrogens with zero attached hydrogens (tertiary/aromatic N) is 8. The van der Waals surface area contributed by atoms with Gasteiger partial charge in [-0.25, -0.2) is 19.3 Å². The molecule has 3 aromatic heterocycles. The predicted octanol–water partition coefficient (Wildman–Crippen LogP) is 5.29. The van der Waals surface area contributed by atoms with Crippen LogP contribution in [0.25, 0.3) is 16.9 Å². The summed E-state index contributed by atoms with van der Waals surface area (Å²) in [7, 11) is 5.53. The molecule has 4 aromatic rings. The fraction of sp³-hybridized carbons (Fsp3) is 0.435. The SMILES string of the molecule is C=CCn1c(=O)c2cnc(Nc3ccc(CCCN(C)CCN(C)/C(C)=C/C4=C(CC)C(=O)N(C(C=O)CCC(=O)NC)C4=O)cc3)nc2n1-c1ccc2c(n1)CCC2.CC. The zero-order valence-corrected chi connectivity index (χ0v) is 36.7. The molecule has 0 saturated heterocycles. The fourth-order valence-corrected chi connectivity index (χ4v) is 7.57. The van der Waals surface area contributed by atoms with E-state index in [1.165, 1.54) is 18.2 Å². The van der Waals surface area contributed by atoms with Crippen LogP contribution in [0.5, 0.6) is 0 Å². The topological polar surface area (TPSA) is 168 Å². The Bertz CT molecular complexity index is 2360. The molecule has 0 fully saturated rings. The maximum Gasteiger partial charge on any atom is 0.278 e. The van der Waals surface area contributed by atoms with Crippen LogP contribution in [0.3, 0.4) is 0 Å². The van der Waals surface area contributed by atoms with E-state index in [2.05, 4.69) is 52.3 Å². The van der Waals surface area contributed by atoms with Gasteiger partial charge in [0, 0.05) is 62.5 Å². The second kappa shape index (κ2) is 21.3. The monoisotopic (exact) mass is 832 g/mol. The summed E-state index contributed by atoms with van der Waals surface area (Å²) >= 11 is 0. The van der Waals surface area contributed by atoms with E-state index >= 15 is 0 Å². The highest BCUT2D eigenvalue weighted by atomic mass is 16.2. The van der Waals surface area contributed by atoms with Crippen molar-refractivity contribution >= 4 is 46.7 Å². The molecule has 1 aliphatic carbocycles. The highest BCUT2D eigenvalue weighted by Crippen LogP contribution is 2.29. The van der Waals surface area contributed by atoms with Gasteiger partial charge in [-0.05, 0) is 101 Å². The molecular weight excluding hydrogens is 773 g/mol. The average molecular weight is 833 g/mol. The van der Waals surface area contributed by atoms with Crippen molar-refractivity contribution in [3.63, 3.8) is 0 Å². The summed E-state index contributed by atoms with van der Waals surface area (Å²) in [6.45, 7) is 14.2. The molecule has 2 aliphatic rings. The third-order valence-electron chi connectivity index (χ3n) is 11.1. The molecule has 1 aromatic carbocycles. The molecule has 0 radical (unpaired) electrons. The molecule has 15 nitrogen and oxygen atoms in total. The maximum absolute atomic E-state index is 13.4. The van der Waals surface area contributed by atoms with E-state index in [1.807, 2.05) is 57.8 Å². The van der Waals surface area contributed by atoms with Gasteiger partial charge in [0.15, 0.2) is 11.5 Å². The van der Waals surface area contributed by atoms with E-state index in [-0.39, 0.29) is 24.3 Å². The number of hydrogen-bond donors (Lipinski definition) is 2. The van der Waals surface area contributed by atoms with Crippen LogP contribution in [0.1, 0.15) is 76.6 Å². The van der Waals surface area contributed by atoms with Crippen molar-refractivity contribution in [3.05, 3.63) is 105 Å². The van der Waals surface area contributed by atoms with Crippen molar-refractivity contribution in [1.82, 2.24) is 44.3 Å². The Morgan fingerprint density at radius 3 is 2.44 bits per heavy atom. The van der Waals surface area contributed by atoms with E-state index in [4.69, 9.17) is 9.97 Å². The van der Waals surface area contributed by atoms with Gasteiger partial charge in [0.2, 0.25) is 11.9 Å². The first-order valence-electron chi connectivity index (χ1n) is 21.3. The number of aldehydes is 1. The number of anilines is 2. The van der Waals surface area contributed by atoms with Gasteiger partial charge < -0.3 is 25.2 Å². The van der Waals surface area contributed by atoms with Crippen LogP contribution in [-0.2, 0) is 45.0 Å². The summed E-state index contributed by atoms with van der Waals surface area (Å²) in [5.41, 5.74) is 6.12. The number of allylic oxidation sites excluding steroid dienone is 2. The van der Waals surface area contributed by atoms with Gasteiger partial charge in [-0.15, -0.1) is 6.58 Å². The van der Waals surface area contributed by atoms with Crippen molar-refractivity contribution in [3.8, 4) is 5.82 Å². The van der Waals surface area contributed by atoms with Crippen LogP contribution < -0.4 is 16.2 Å². The van der Waals surface area contributed by atoms with Crippen LogP contribution in [0, 0.1) is 0 Å². The molecule has 0 spiro atoms. The zero-order valence-electron chi connectivity index (χ0n) is 36.7. The van der Waals surface area contributed by atoms with Gasteiger partial charge in [0.1, 0.15) is 11.7 Å². The van der Waals surface area contributed by atoms with Gasteiger partial charge in [-0.3, -0.25) is 24.1 Å². The summed E-state index contributed by atoms with van der Waals surface area (Å²) in [6.07, 6.45) is 10.9. The van der Waals surface area contributed by atoms with Crippen molar-refractivity contribution in [2.24, 2.45) is 0 Å². The van der Waals surface area contributed by atoms with Crippen molar-refractivity contribution in [2.45, 2.75) is 91.6 Å². The molecular formula is C46H60N10O5. The number of fused-ring (bicyclic) bond motifs is 2. The van der Waals surface area contributed by atoms with Crippen LogP contribution in [0.2, 0.25) is 0 Å². The number of likely N-dealkylation sites (N-methyl/N-ethyl adjacent to an activating group) is 2. The minimum Gasteiger partial charge on any atom is -0.377 e. The maximum atomic E-state index is 13.4. The second-order valence-corrected chi connectivity index (χ2v) is 15.1. The zero-order chi connectivity index (χ0) is 44.2. The number of amides is 3. The molecule has 2 N–H and O–H groups in total. The number of nitrogens with one attached hydrogen (secondary N) is 2. The molecule has 1 aliphatic heterocycles. The third-order valence-corrected chi connectivity index (χ3v) is 11.1. The lowest BCUT2D eigenvalue weighted by atomic mass is 10.1. The van der Waals surface area contributed by atoms with Gasteiger partial charge in [-0.1, -0.05) is 45.0 Å². The summed E-state index contributed by atoms with van der Waals surface area (Å²) in [6, 6.07) is 11.2. The van der Waals surface area contributed by atoms with E-state index in [0.29, 0.717) is 59.7 Å². The highest BCUT2D eigenvalue weighted by Gasteiger charge is 2.40. The van der Waals surface area contributed by atoms with Gasteiger partial charge in [0.05, 0.1) is 18.2 Å². The van der Waals surface area contributed by atoms with Gasteiger partial charge in [-0.2, -0.15) is 4.98 Å². The molecule has 1 unspecified atom stereocenters. The highest BCUT2D eigenvalue weighted by molar-refractivity contribution is 6.21. The number of carbonyl (C=O) groups excluding carboxylic acids is 4. The third kappa shape index (κ3) is 10.6. The number of rotatable bonds is 20. The Morgan fingerprint density at radius 1 is 1.00 bits per heavy atom. The van der Waals surface area contributed by atoms with Crippen molar-refractivity contribution < 1.29 is 19.2 Å². The second-order valence-electron chi connectivity index (χ2n) is 15.1. The first kappa shape index (κ1) is 45.9.